The SMILES string of the molecule is CCNC(=O)C1CC=CCC1C(=O)Nc1ccc(C(=O)OC)cc1. The number of rotatable bonds is 5. The van der Waals surface area contributed by atoms with Crippen LogP contribution in [0.2, 0.25) is 0 Å². The lowest BCUT2D eigenvalue weighted by Crippen LogP contribution is -2.40. The molecule has 2 amide bonds. The summed E-state index contributed by atoms with van der Waals surface area (Å²) in [4.78, 5) is 36.1. The zero-order valence-electron chi connectivity index (χ0n) is 13.9. The molecule has 2 unspecified atom stereocenters. The molecule has 0 fully saturated rings. The van der Waals surface area contributed by atoms with E-state index in [1.807, 2.05) is 19.1 Å². The molecule has 2 atom stereocenters. The fraction of sp³-hybridized carbons (Fsp3) is 0.389. The Labute approximate surface area is 141 Å². The molecule has 1 aromatic rings. The summed E-state index contributed by atoms with van der Waals surface area (Å²) >= 11 is 0. The van der Waals surface area contributed by atoms with Crippen molar-refractivity contribution in [2.45, 2.75) is 19.8 Å². The predicted octanol–water partition coefficient (Wildman–Crippen LogP) is 2.13. The highest BCUT2D eigenvalue weighted by molar-refractivity contribution is 5.97. The number of amides is 2. The van der Waals surface area contributed by atoms with Gasteiger partial charge in [-0.05, 0) is 44.0 Å². The van der Waals surface area contributed by atoms with Gasteiger partial charge in [0.2, 0.25) is 11.8 Å². The van der Waals surface area contributed by atoms with Crippen molar-refractivity contribution >= 4 is 23.5 Å². The Bertz CT molecular complexity index is 637. The van der Waals surface area contributed by atoms with Crippen molar-refractivity contribution in [1.82, 2.24) is 5.32 Å². The second-order valence-corrected chi connectivity index (χ2v) is 5.61. The zero-order chi connectivity index (χ0) is 17.5. The molecular formula is C18H22N2O4. The van der Waals surface area contributed by atoms with Gasteiger partial charge in [0.05, 0.1) is 24.5 Å². The third-order valence-electron chi connectivity index (χ3n) is 4.03. The molecule has 1 aliphatic rings. The van der Waals surface area contributed by atoms with Crippen LogP contribution in [0.3, 0.4) is 0 Å². The highest BCUT2D eigenvalue weighted by Gasteiger charge is 2.33. The van der Waals surface area contributed by atoms with Crippen LogP contribution in [0.15, 0.2) is 36.4 Å². The summed E-state index contributed by atoms with van der Waals surface area (Å²) in [5.74, 6) is -1.47. The van der Waals surface area contributed by atoms with Gasteiger partial charge in [-0.3, -0.25) is 9.59 Å². The molecule has 1 aliphatic carbocycles. The Kier molecular flexibility index (Phi) is 6.12. The molecule has 0 aromatic heterocycles. The number of anilines is 1. The monoisotopic (exact) mass is 330 g/mol. The number of benzene rings is 1. The number of esters is 1. The first-order valence-corrected chi connectivity index (χ1v) is 7.98. The lowest BCUT2D eigenvalue weighted by molar-refractivity contribution is -0.132. The Morgan fingerprint density at radius 2 is 1.62 bits per heavy atom. The Balaban J connectivity index is 2.05. The van der Waals surface area contributed by atoms with E-state index in [0.717, 1.165) is 0 Å². The summed E-state index contributed by atoms with van der Waals surface area (Å²) in [6.45, 7) is 2.40. The van der Waals surface area contributed by atoms with Crippen LogP contribution in [-0.2, 0) is 14.3 Å². The molecule has 0 saturated heterocycles. The third kappa shape index (κ3) is 4.22. The van der Waals surface area contributed by atoms with Gasteiger partial charge in [0, 0.05) is 12.2 Å². The molecule has 2 N–H and O–H groups in total. The van der Waals surface area contributed by atoms with Crippen LogP contribution >= 0.6 is 0 Å². The van der Waals surface area contributed by atoms with Gasteiger partial charge in [-0.1, -0.05) is 12.2 Å². The van der Waals surface area contributed by atoms with Crippen LogP contribution < -0.4 is 10.6 Å². The zero-order valence-corrected chi connectivity index (χ0v) is 13.9. The molecular weight excluding hydrogens is 308 g/mol. The summed E-state index contributed by atoms with van der Waals surface area (Å²) in [6, 6.07) is 6.46. The molecule has 1 aromatic carbocycles. The van der Waals surface area contributed by atoms with Crippen molar-refractivity contribution in [1.29, 1.82) is 0 Å². The summed E-state index contributed by atoms with van der Waals surface area (Å²) in [6.07, 6.45) is 4.97. The van der Waals surface area contributed by atoms with Gasteiger partial charge in [0.25, 0.3) is 0 Å². The molecule has 0 aliphatic heterocycles. The first kappa shape index (κ1) is 17.7. The molecule has 0 bridgehead atoms. The first-order valence-electron chi connectivity index (χ1n) is 7.98. The fourth-order valence-electron chi connectivity index (χ4n) is 2.74. The minimum atomic E-state index is -0.429. The van der Waals surface area contributed by atoms with Crippen LogP contribution in [0, 0.1) is 11.8 Å². The van der Waals surface area contributed by atoms with E-state index >= 15 is 0 Å². The van der Waals surface area contributed by atoms with E-state index in [1.165, 1.54) is 7.11 Å². The van der Waals surface area contributed by atoms with Crippen molar-refractivity contribution < 1.29 is 19.1 Å². The quantitative estimate of drug-likeness (QED) is 0.640. The highest BCUT2D eigenvalue weighted by atomic mass is 16.5. The largest absolute Gasteiger partial charge is 0.465 e. The number of methoxy groups -OCH3 is 1. The maximum absolute atomic E-state index is 12.5. The van der Waals surface area contributed by atoms with Crippen LogP contribution in [0.5, 0.6) is 0 Å². The van der Waals surface area contributed by atoms with Gasteiger partial charge >= 0.3 is 5.97 Å². The average Bonchev–Trinajstić information content (AvgIpc) is 2.62. The number of hydrogen-bond donors (Lipinski definition) is 2. The Morgan fingerprint density at radius 1 is 1.04 bits per heavy atom. The molecule has 0 radical (unpaired) electrons. The van der Waals surface area contributed by atoms with Crippen LogP contribution in [0.25, 0.3) is 0 Å². The van der Waals surface area contributed by atoms with Gasteiger partial charge in [-0.2, -0.15) is 0 Å². The number of hydrogen-bond acceptors (Lipinski definition) is 4. The summed E-state index contributed by atoms with van der Waals surface area (Å²) in [7, 11) is 1.32. The maximum Gasteiger partial charge on any atom is 0.337 e. The second-order valence-electron chi connectivity index (χ2n) is 5.61. The number of carbonyl (C=O) groups excluding carboxylic acids is 3. The number of allylic oxidation sites excluding steroid dienone is 2. The standard InChI is InChI=1S/C18H22N2O4/c1-3-19-16(21)14-6-4-5-7-15(14)17(22)20-13-10-8-12(9-11-13)18(23)24-2/h4-5,8-11,14-15H,3,6-7H2,1-2H3,(H,19,21)(H,20,22). The molecule has 2 rings (SSSR count). The molecule has 6 heteroatoms. The van der Waals surface area contributed by atoms with E-state index in [4.69, 9.17) is 0 Å². The van der Waals surface area contributed by atoms with Gasteiger partial charge in [-0.25, -0.2) is 4.79 Å². The van der Waals surface area contributed by atoms with E-state index in [9.17, 15) is 14.4 Å². The minimum absolute atomic E-state index is 0.0944. The number of ether oxygens (including phenoxy) is 1. The number of nitrogens with one attached hydrogen (secondary N) is 2. The maximum atomic E-state index is 12.5. The first-order chi connectivity index (χ1) is 11.6. The van der Waals surface area contributed by atoms with E-state index in [1.54, 1.807) is 24.3 Å². The van der Waals surface area contributed by atoms with Crippen molar-refractivity contribution in [3.8, 4) is 0 Å². The van der Waals surface area contributed by atoms with Crippen LogP contribution in [0.1, 0.15) is 30.1 Å². The lowest BCUT2D eigenvalue weighted by Gasteiger charge is -2.26. The highest BCUT2D eigenvalue weighted by Crippen LogP contribution is 2.27. The van der Waals surface area contributed by atoms with Crippen molar-refractivity contribution in [2.24, 2.45) is 11.8 Å². The van der Waals surface area contributed by atoms with Crippen molar-refractivity contribution in [2.75, 3.05) is 19.0 Å². The topological polar surface area (TPSA) is 84.5 Å². The smallest absolute Gasteiger partial charge is 0.337 e. The van der Waals surface area contributed by atoms with Gasteiger partial charge in [0.15, 0.2) is 0 Å². The molecule has 128 valence electrons. The molecule has 0 saturated carbocycles. The number of carbonyl (C=O) groups is 3. The van der Waals surface area contributed by atoms with Crippen LogP contribution in [0.4, 0.5) is 5.69 Å². The fourth-order valence-corrected chi connectivity index (χ4v) is 2.74. The molecule has 0 spiro atoms. The van der Waals surface area contributed by atoms with Gasteiger partial charge in [0.1, 0.15) is 0 Å². The lowest BCUT2D eigenvalue weighted by atomic mass is 9.81. The minimum Gasteiger partial charge on any atom is -0.465 e. The summed E-state index contributed by atoms with van der Waals surface area (Å²) < 4.78 is 4.64. The Hall–Kier alpha value is -2.63. The molecule has 0 heterocycles. The molecule has 6 nitrogen and oxygen atoms in total. The summed E-state index contributed by atoms with van der Waals surface area (Å²) in [5.41, 5.74) is 0.994. The van der Waals surface area contributed by atoms with Gasteiger partial charge < -0.3 is 15.4 Å². The van der Waals surface area contributed by atoms with E-state index in [-0.39, 0.29) is 17.7 Å². The van der Waals surface area contributed by atoms with Crippen LogP contribution in [-0.4, -0.2) is 31.4 Å². The van der Waals surface area contributed by atoms with Gasteiger partial charge in [-0.15, -0.1) is 0 Å². The Morgan fingerprint density at radius 3 is 2.17 bits per heavy atom. The molecule has 24 heavy (non-hydrogen) atoms. The normalized spacial score (nSPS) is 19.4. The predicted molar refractivity (Wildman–Crippen MR) is 90.4 cm³/mol. The van der Waals surface area contributed by atoms with Crippen molar-refractivity contribution in [3.63, 3.8) is 0 Å². The average molecular weight is 330 g/mol. The van der Waals surface area contributed by atoms with E-state index in [0.29, 0.717) is 30.6 Å². The van der Waals surface area contributed by atoms with Crippen molar-refractivity contribution in [3.05, 3.63) is 42.0 Å². The van der Waals surface area contributed by atoms with E-state index in [2.05, 4.69) is 15.4 Å². The third-order valence-corrected chi connectivity index (χ3v) is 4.03. The summed E-state index contributed by atoms with van der Waals surface area (Å²) in [5, 5.41) is 5.60. The second kappa shape index (κ2) is 8.29. The van der Waals surface area contributed by atoms with E-state index < -0.39 is 11.9 Å².